The SMILES string of the molecule is Cc1ccc(CN(C)C(=O)NC(C)(C(=O)O)C2CC2)o1. The predicted molar refractivity (Wildman–Crippen MR) is 72.2 cm³/mol. The summed E-state index contributed by atoms with van der Waals surface area (Å²) in [5.41, 5.74) is -1.19. The van der Waals surface area contributed by atoms with E-state index in [9.17, 15) is 14.7 Å². The number of hydrogen-bond donors (Lipinski definition) is 2. The molecule has 6 heteroatoms. The summed E-state index contributed by atoms with van der Waals surface area (Å²) < 4.78 is 5.40. The van der Waals surface area contributed by atoms with Gasteiger partial charge < -0.3 is 19.7 Å². The normalized spacial score (nSPS) is 17.4. The third kappa shape index (κ3) is 2.95. The minimum Gasteiger partial charge on any atom is -0.480 e. The number of rotatable bonds is 5. The minimum absolute atomic E-state index is 0.0169. The molecule has 2 N–H and O–H groups in total. The number of nitrogens with zero attached hydrogens (tertiary/aromatic N) is 1. The maximum absolute atomic E-state index is 12.1. The van der Waals surface area contributed by atoms with Gasteiger partial charge in [-0.2, -0.15) is 0 Å². The summed E-state index contributed by atoms with van der Waals surface area (Å²) in [5.74, 6) is 0.476. The smallest absolute Gasteiger partial charge is 0.329 e. The molecule has 1 aliphatic carbocycles. The van der Waals surface area contributed by atoms with Crippen LogP contribution in [0.4, 0.5) is 4.79 Å². The lowest BCUT2D eigenvalue weighted by Gasteiger charge is -2.28. The first-order valence-electron chi connectivity index (χ1n) is 6.65. The molecule has 6 nitrogen and oxygen atoms in total. The van der Waals surface area contributed by atoms with Gasteiger partial charge in [-0.15, -0.1) is 0 Å². The molecule has 0 saturated heterocycles. The lowest BCUT2D eigenvalue weighted by molar-refractivity contribution is -0.144. The van der Waals surface area contributed by atoms with E-state index in [2.05, 4.69) is 5.32 Å². The number of nitrogens with one attached hydrogen (secondary N) is 1. The van der Waals surface area contributed by atoms with Crippen molar-refractivity contribution in [1.29, 1.82) is 0 Å². The van der Waals surface area contributed by atoms with Crippen LogP contribution in [-0.2, 0) is 11.3 Å². The standard InChI is InChI=1S/C14H20N2O4/c1-9-4-7-11(20-9)8-16(3)13(19)15-14(2,12(17)18)10-5-6-10/h4,7,10H,5-6,8H2,1-3H3,(H,15,19)(H,17,18). The molecule has 0 aromatic carbocycles. The number of aliphatic carboxylic acids is 1. The highest BCUT2D eigenvalue weighted by atomic mass is 16.4. The van der Waals surface area contributed by atoms with E-state index in [4.69, 9.17) is 4.42 Å². The van der Waals surface area contributed by atoms with E-state index in [1.165, 1.54) is 4.90 Å². The Morgan fingerprint density at radius 3 is 2.60 bits per heavy atom. The summed E-state index contributed by atoms with van der Waals surface area (Å²) in [6.45, 7) is 3.70. The van der Waals surface area contributed by atoms with E-state index in [-0.39, 0.29) is 5.92 Å². The lowest BCUT2D eigenvalue weighted by atomic mass is 9.96. The molecule has 1 fully saturated rings. The van der Waals surface area contributed by atoms with Crippen LogP contribution in [0, 0.1) is 12.8 Å². The number of hydrogen-bond acceptors (Lipinski definition) is 3. The lowest BCUT2D eigenvalue weighted by Crippen LogP contribution is -2.56. The fourth-order valence-electron chi connectivity index (χ4n) is 2.18. The van der Waals surface area contributed by atoms with E-state index >= 15 is 0 Å². The van der Waals surface area contributed by atoms with Gasteiger partial charge in [0.2, 0.25) is 0 Å². The van der Waals surface area contributed by atoms with Gasteiger partial charge in [-0.25, -0.2) is 9.59 Å². The number of carboxylic acid groups (broad SMARTS) is 1. The van der Waals surface area contributed by atoms with Gasteiger partial charge in [0.15, 0.2) is 0 Å². The van der Waals surface area contributed by atoms with Crippen LogP contribution in [0.5, 0.6) is 0 Å². The van der Waals surface area contributed by atoms with Crippen molar-refractivity contribution in [3.63, 3.8) is 0 Å². The monoisotopic (exact) mass is 280 g/mol. The van der Waals surface area contributed by atoms with Gasteiger partial charge in [0, 0.05) is 7.05 Å². The first-order valence-corrected chi connectivity index (χ1v) is 6.65. The average Bonchev–Trinajstić information content (AvgIpc) is 3.14. The second-order valence-electron chi connectivity index (χ2n) is 5.58. The van der Waals surface area contributed by atoms with Crippen molar-refractivity contribution in [2.24, 2.45) is 5.92 Å². The summed E-state index contributed by atoms with van der Waals surface area (Å²) in [4.78, 5) is 24.9. The summed E-state index contributed by atoms with van der Waals surface area (Å²) >= 11 is 0. The van der Waals surface area contributed by atoms with E-state index in [0.717, 1.165) is 18.6 Å². The summed E-state index contributed by atoms with van der Waals surface area (Å²) in [6, 6.07) is 3.22. The zero-order valence-corrected chi connectivity index (χ0v) is 12.0. The Morgan fingerprint density at radius 1 is 1.50 bits per heavy atom. The third-order valence-electron chi connectivity index (χ3n) is 3.74. The zero-order chi connectivity index (χ0) is 14.9. The molecule has 1 atom stereocenters. The van der Waals surface area contributed by atoms with E-state index < -0.39 is 17.5 Å². The number of carbonyl (C=O) groups is 2. The molecule has 1 aliphatic rings. The molecule has 2 rings (SSSR count). The van der Waals surface area contributed by atoms with Crippen LogP contribution in [0.25, 0.3) is 0 Å². The highest BCUT2D eigenvalue weighted by Gasteiger charge is 2.48. The second-order valence-corrected chi connectivity index (χ2v) is 5.58. The Labute approximate surface area is 117 Å². The highest BCUT2D eigenvalue weighted by molar-refractivity contribution is 5.86. The van der Waals surface area contributed by atoms with Crippen molar-refractivity contribution in [3.8, 4) is 0 Å². The summed E-state index contributed by atoms with van der Waals surface area (Å²) in [5, 5.41) is 11.9. The molecule has 0 radical (unpaired) electrons. The largest absolute Gasteiger partial charge is 0.480 e. The van der Waals surface area contributed by atoms with E-state index in [1.54, 1.807) is 20.0 Å². The van der Waals surface area contributed by atoms with Crippen LogP contribution in [0.15, 0.2) is 16.5 Å². The summed E-state index contributed by atoms with van der Waals surface area (Å²) in [7, 11) is 1.61. The number of urea groups is 1. The van der Waals surface area contributed by atoms with Crippen molar-refractivity contribution in [2.75, 3.05) is 7.05 Å². The minimum atomic E-state index is -1.19. The molecule has 2 amide bonds. The van der Waals surface area contributed by atoms with Gasteiger partial charge in [-0.3, -0.25) is 0 Å². The number of carbonyl (C=O) groups excluding carboxylic acids is 1. The fourth-order valence-corrected chi connectivity index (χ4v) is 2.18. The average molecular weight is 280 g/mol. The number of furan rings is 1. The molecule has 0 spiro atoms. The van der Waals surface area contributed by atoms with Crippen LogP contribution in [0.2, 0.25) is 0 Å². The molecule has 1 aromatic heterocycles. The number of aryl methyl sites for hydroxylation is 1. The van der Waals surface area contributed by atoms with Gasteiger partial charge in [0.1, 0.15) is 17.1 Å². The zero-order valence-electron chi connectivity index (χ0n) is 12.0. The maximum Gasteiger partial charge on any atom is 0.329 e. The van der Waals surface area contributed by atoms with Gasteiger partial charge in [0.25, 0.3) is 0 Å². The van der Waals surface area contributed by atoms with Gasteiger partial charge in [-0.05, 0) is 44.7 Å². The van der Waals surface area contributed by atoms with Gasteiger partial charge in [0.05, 0.1) is 6.54 Å². The Bertz CT molecular complexity index is 521. The molecule has 1 unspecified atom stereocenters. The van der Waals surface area contributed by atoms with Crippen LogP contribution >= 0.6 is 0 Å². The van der Waals surface area contributed by atoms with Gasteiger partial charge >= 0.3 is 12.0 Å². The predicted octanol–water partition coefficient (Wildman–Crippen LogP) is 1.98. The molecule has 1 heterocycles. The van der Waals surface area contributed by atoms with Crippen LogP contribution < -0.4 is 5.32 Å². The van der Waals surface area contributed by atoms with Crippen molar-refractivity contribution < 1.29 is 19.1 Å². The van der Waals surface area contributed by atoms with Gasteiger partial charge in [-0.1, -0.05) is 0 Å². The molecular formula is C14H20N2O4. The highest BCUT2D eigenvalue weighted by Crippen LogP contribution is 2.39. The first kappa shape index (κ1) is 14.4. The molecule has 1 aromatic rings. The summed E-state index contributed by atoms with van der Waals surface area (Å²) in [6.07, 6.45) is 1.67. The Morgan fingerprint density at radius 2 is 2.15 bits per heavy atom. The molecule has 1 saturated carbocycles. The Balaban J connectivity index is 1.98. The van der Waals surface area contributed by atoms with Crippen LogP contribution in [-0.4, -0.2) is 34.6 Å². The second kappa shape index (κ2) is 5.19. The van der Waals surface area contributed by atoms with Crippen molar-refractivity contribution in [3.05, 3.63) is 23.7 Å². The first-order chi connectivity index (χ1) is 9.33. The molecule has 0 bridgehead atoms. The van der Waals surface area contributed by atoms with E-state index in [1.807, 2.05) is 13.0 Å². The molecular weight excluding hydrogens is 260 g/mol. The fraction of sp³-hybridized carbons (Fsp3) is 0.571. The van der Waals surface area contributed by atoms with E-state index in [0.29, 0.717) is 12.3 Å². The Hall–Kier alpha value is -1.98. The van der Waals surface area contributed by atoms with Crippen molar-refractivity contribution in [1.82, 2.24) is 10.2 Å². The van der Waals surface area contributed by atoms with Crippen LogP contribution in [0.3, 0.4) is 0 Å². The van der Waals surface area contributed by atoms with Crippen LogP contribution in [0.1, 0.15) is 31.3 Å². The molecule has 0 aliphatic heterocycles. The topological polar surface area (TPSA) is 82.8 Å². The number of carboxylic acids is 1. The van der Waals surface area contributed by atoms with Crippen molar-refractivity contribution >= 4 is 12.0 Å². The Kier molecular flexibility index (Phi) is 3.74. The molecule has 20 heavy (non-hydrogen) atoms. The van der Waals surface area contributed by atoms with Crippen molar-refractivity contribution in [2.45, 2.75) is 38.8 Å². The third-order valence-corrected chi connectivity index (χ3v) is 3.74. The molecule has 110 valence electrons. The maximum atomic E-state index is 12.1. The quantitative estimate of drug-likeness (QED) is 0.864. The number of amides is 2.